The second-order valence-corrected chi connectivity index (χ2v) is 7.11. The molecule has 0 radical (unpaired) electrons. The van der Waals surface area contributed by atoms with Crippen molar-refractivity contribution in [2.75, 3.05) is 6.61 Å². The molecular formula is C17H16N4O3S. The third kappa shape index (κ3) is 2.68. The Morgan fingerprint density at radius 1 is 1.40 bits per heavy atom. The Morgan fingerprint density at radius 3 is 3.00 bits per heavy atom. The smallest absolute Gasteiger partial charge is 0.335 e. The molecule has 128 valence electrons. The van der Waals surface area contributed by atoms with Crippen molar-refractivity contribution in [1.29, 1.82) is 0 Å². The van der Waals surface area contributed by atoms with Crippen LogP contribution < -0.4 is 4.74 Å². The first-order chi connectivity index (χ1) is 12.0. The van der Waals surface area contributed by atoms with Crippen LogP contribution in [-0.2, 0) is 6.42 Å². The Bertz CT molecular complexity index is 961. The van der Waals surface area contributed by atoms with Crippen molar-refractivity contribution < 1.29 is 14.6 Å². The fourth-order valence-corrected chi connectivity index (χ4v) is 3.88. The summed E-state index contributed by atoms with van der Waals surface area (Å²) in [5.74, 6) is 0.332. The van der Waals surface area contributed by atoms with Gasteiger partial charge in [-0.05, 0) is 32.0 Å². The molecule has 3 heterocycles. The first-order valence-electron chi connectivity index (χ1n) is 7.94. The number of ether oxygens (including phenoxy) is 1. The summed E-state index contributed by atoms with van der Waals surface area (Å²) in [6.45, 7) is 4.59. The summed E-state index contributed by atoms with van der Waals surface area (Å²) in [5.41, 5.74) is 1.86. The number of nitrogens with zero attached hydrogens (tertiary/aromatic N) is 4. The number of benzene rings is 1. The molecule has 1 aliphatic heterocycles. The fourth-order valence-electron chi connectivity index (χ4n) is 2.83. The second kappa shape index (κ2) is 5.96. The van der Waals surface area contributed by atoms with E-state index in [1.54, 1.807) is 29.5 Å². The predicted octanol–water partition coefficient (Wildman–Crippen LogP) is 3.28. The van der Waals surface area contributed by atoms with Crippen molar-refractivity contribution in [3.63, 3.8) is 0 Å². The van der Waals surface area contributed by atoms with E-state index in [0.717, 1.165) is 33.4 Å². The van der Waals surface area contributed by atoms with E-state index in [-0.39, 0.29) is 11.6 Å². The van der Waals surface area contributed by atoms with Crippen LogP contribution in [0.15, 0.2) is 24.5 Å². The molecule has 1 aromatic carbocycles. The molecule has 3 aromatic rings. The van der Waals surface area contributed by atoms with Crippen LogP contribution in [0.5, 0.6) is 5.75 Å². The highest BCUT2D eigenvalue weighted by molar-refractivity contribution is 7.15. The Morgan fingerprint density at radius 2 is 2.24 bits per heavy atom. The van der Waals surface area contributed by atoms with Gasteiger partial charge in [-0.15, -0.1) is 11.3 Å². The van der Waals surface area contributed by atoms with Gasteiger partial charge in [0, 0.05) is 22.9 Å². The third-order valence-corrected chi connectivity index (χ3v) is 5.13. The summed E-state index contributed by atoms with van der Waals surface area (Å²) >= 11 is 1.58. The molecule has 0 saturated carbocycles. The average molecular weight is 356 g/mol. The minimum atomic E-state index is -0.972. The third-order valence-electron chi connectivity index (χ3n) is 4.02. The van der Waals surface area contributed by atoms with Gasteiger partial charge in [-0.2, -0.15) is 5.10 Å². The normalized spacial score (nSPS) is 13.1. The van der Waals surface area contributed by atoms with Crippen molar-refractivity contribution in [2.24, 2.45) is 0 Å². The summed E-state index contributed by atoms with van der Waals surface area (Å²) in [6, 6.07) is 5.09. The van der Waals surface area contributed by atoms with Gasteiger partial charge in [0.15, 0.2) is 10.8 Å². The van der Waals surface area contributed by atoms with Crippen LogP contribution >= 0.6 is 11.3 Å². The van der Waals surface area contributed by atoms with E-state index < -0.39 is 5.97 Å². The lowest BCUT2D eigenvalue weighted by Crippen LogP contribution is -2.05. The lowest BCUT2D eigenvalue weighted by Gasteiger charge is -2.08. The number of aromatic carboxylic acids is 1. The van der Waals surface area contributed by atoms with E-state index in [9.17, 15) is 9.90 Å². The van der Waals surface area contributed by atoms with Crippen molar-refractivity contribution in [1.82, 2.24) is 19.7 Å². The van der Waals surface area contributed by atoms with Crippen molar-refractivity contribution >= 4 is 17.3 Å². The molecule has 0 atom stereocenters. The second-order valence-electron chi connectivity index (χ2n) is 6.03. The molecule has 0 aliphatic carbocycles. The van der Waals surface area contributed by atoms with E-state index >= 15 is 0 Å². The molecule has 0 spiro atoms. The largest absolute Gasteiger partial charge is 0.492 e. The quantitative estimate of drug-likeness (QED) is 0.774. The average Bonchev–Trinajstić information content (AvgIpc) is 3.18. The molecule has 0 fully saturated rings. The molecule has 0 unspecified atom stereocenters. The maximum absolute atomic E-state index is 11.2. The standard InChI is InChI=1S/C17H16N4O3S/c1-9(2)21-15(18-8-19-21)16-20-14-11-4-3-10(17(22)23)7-12(11)24-6-5-13(14)25-16/h3-4,7-9H,5-6H2,1-2H3,(H,22,23). The zero-order valence-corrected chi connectivity index (χ0v) is 14.6. The highest BCUT2D eigenvalue weighted by Gasteiger charge is 2.24. The number of carboxylic acid groups (broad SMARTS) is 1. The van der Waals surface area contributed by atoms with Gasteiger partial charge in [0.2, 0.25) is 0 Å². The Kier molecular flexibility index (Phi) is 3.76. The molecule has 2 aromatic heterocycles. The van der Waals surface area contributed by atoms with Crippen molar-refractivity contribution in [2.45, 2.75) is 26.3 Å². The topological polar surface area (TPSA) is 90.1 Å². The summed E-state index contributed by atoms with van der Waals surface area (Å²) in [4.78, 5) is 21.4. The highest BCUT2D eigenvalue weighted by atomic mass is 32.1. The minimum Gasteiger partial charge on any atom is -0.492 e. The summed E-state index contributed by atoms with van der Waals surface area (Å²) < 4.78 is 7.59. The maximum Gasteiger partial charge on any atom is 0.335 e. The zero-order chi connectivity index (χ0) is 17.6. The SMILES string of the molecule is CC(C)n1ncnc1-c1nc2c(s1)CCOc1cc(C(=O)O)ccc1-2. The number of aromatic nitrogens is 4. The van der Waals surface area contributed by atoms with Crippen LogP contribution in [0.25, 0.3) is 22.1 Å². The number of fused-ring (bicyclic) bond motifs is 3. The molecule has 4 rings (SSSR count). The summed E-state index contributed by atoms with van der Waals surface area (Å²) in [5, 5.41) is 14.3. The molecule has 8 heteroatoms. The van der Waals surface area contributed by atoms with Gasteiger partial charge >= 0.3 is 5.97 Å². The Balaban J connectivity index is 1.83. The summed E-state index contributed by atoms with van der Waals surface area (Å²) in [6.07, 6.45) is 2.26. The molecule has 0 amide bonds. The Hall–Kier alpha value is -2.74. The lowest BCUT2D eigenvalue weighted by molar-refractivity contribution is 0.0696. The Labute approximate surface area is 147 Å². The van der Waals surface area contributed by atoms with Gasteiger partial charge in [-0.25, -0.2) is 19.4 Å². The van der Waals surface area contributed by atoms with Gasteiger partial charge in [0.25, 0.3) is 0 Å². The number of hydrogen-bond acceptors (Lipinski definition) is 6. The molecule has 0 saturated heterocycles. The van der Waals surface area contributed by atoms with Gasteiger partial charge in [-0.3, -0.25) is 0 Å². The molecule has 25 heavy (non-hydrogen) atoms. The molecule has 1 aliphatic rings. The maximum atomic E-state index is 11.2. The van der Waals surface area contributed by atoms with Crippen LogP contribution in [-0.4, -0.2) is 37.4 Å². The van der Waals surface area contributed by atoms with Gasteiger partial charge in [0.1, 0.15) is 12.1 Å². The zero-order valence-electron chi connectivity index (χ0n) is 13.8. The minimum absolute atomic E-state index is 0.190. The monoisotopic (exact) mass is 356 g/mol. The van der Waals surface area contributed by atoms with E-state index in [2.05, 4.69) is 10.1 Å². The van der Waals surface area contributed by atoms with Crippen LogP contribution in [0.3, 0.4) is 0 Å². The van der Waals surface area contributed by atoms with Gasteiger partial charge in [-0.1, -0.05) is 0 Å². The fraction of sp³-hybridized carbons (Fsp3) is 0.294. The first kappa shape index (κ1) is 15.8. The van der Waals surface area contributed by atoms with E-state index in [1.165, 1.54) is 6.33 Å². The van der Waals surface area contributed by atoms with E-state index in [4.69, 9.17) is 9.72 Å². The molecule has 0 bridgehead atoms. The molecular weight excluding hydrogens is 340 g/mol. The van der Waals surface area contributed by atoms with E-state index in [1.807, 2.05) is 18.5 Å². The van der Waals surface area contributed by atoms with Crippen molar-refractivity contribution in [3.8, 4) is 27.8 Å². The lowest BCUT2D eigenvalue weighted by atomic mass is 10.1. The van der Waals surface area contributed by atoms with Crippen LogP contribution in [0, 0.1) is 0 Å². The number of hydrogen-bond donors (Lipinski definition) is 1. The van der Waals surface area contributed by atoms with Crippen molar-refractivity contribution in [3.05, 3.63) is 35.0 Å². The highest BCUT2D eigenvalue weighted by Crippen LogP contribution is 2.40. The van der Waals surface area contributed by atoms with Gasteiger partial charge in [0.05, 0.1) is 17.9 Å². The van der Waals surface area contributed by atoms with Crippen LogP contribution in [0.2, 0.25) is 0 Å². The molecule has 7 nitrogen and oxygen atoms in total. The predicted molar refractivity (Wildman–Crippen MR) is 93.1 cm³/mol. The number of rotatable bonds is 3. The first-order valence-corrected chi connectivity index (χ1v) is 8.76. The van der Waals surface area contributed by atoms with E-state index in [0.29, 0.717) is 12.4 Å². The number of carboxylic acids is 1. The molecule has 1 N–H and O–H groups in total. The van der Waals surface area contributed by atoms with Crippen LogP contribution in [0.4, 0.5) is 0 Å². The van der Waals surface area contributed by atoms with Crippen LogP contribution in [0.1, 0.15) is 35.1 Å². The summed E-state index contributed by atoms with van der Waals surface area (Å²) in [7, 11) is 0. The van der Waals surface area contributed by atoms with Gasteiger partial charge < -0.3 is 9.84 Å². The number of carbonyl (C=O) groups is 1. The number of thiazole rings is 1.